The monoisotopic (exact) mass is 882 g/mol. The number of rotatable bonds is 40. The van der Waals surface area contributed by atoms with E-state index in [0.717, 1.165) is 32.1 Å². The van der Waals surface area contributed by atoms with E-state index in [2.05, 4.69) is 34.7 Å². The van der Waals surface area contributed by atoms with Crippen molar-refractivity contribution in [3.05, 3.63) is 12.4 Å². The summed E-state index contributed by atoms with van der Waals surface area (Å²) < 4.78 is 33.8. The standard InChI is InChI=1S/C52H88FN5O5/c1-4-7-9-11-13-15-17-19-21-23-25-27-29-31-33-35-37-39-46(59)61-42-52(6-3)44(41-45(63-52)58-43-55-48-49(54)56-51(53)57-50(48)58)62-47(60)40-38-36-34-32-30-28-26-24-22-20-18-16-14-12-10-8-5-2/h3,43-45H,4-5,7-42H2,1-2H3,(H2,54,56,57)/t44-,45+,52+/m0/s1. The number of carbonyl (C=O) groups is 2. The Hall–Kier alpha value is -3.26. The third-order valence-electron chi connectivity index (χ3n) is 12.9. The molecule has 3 heterocycles. The van der Waals surface area contributed by atoms with Crippen LogP contribution < -0.4 is 5.73 Å². The zero-order chi connectivity index (χ0) is 45.2. The zero-order valence-electron chi connectivity index (χ0n) is 40.0. The van der Waals surface area contributed by atoms with Crippen LogP contribution in [-0.4, -0.2) is 49.8 Å². The maximum atomic E-state index is 14.2. The van der Waals surface area contributed by atoms with Gasteiger partial charge < -0.3 is 19.9 Å². The molecular weight excluding hydrogens is 794 g/mol. The number of fused-ring (bicyclic) bond motifs is 1. The van der Waals surface area contributed by atoms with Gasteiger partial charge >= 0.3 is 18.0 Å². The number of anilines is 1. The first-order valence-electron chi connectivity index (χ1n) is 26.0. The Morgan fingerprint density at radius 1 is 0.683 bits per heavy atom. The average molecular weight is 882 g/mol. The topological polar surface area (TPSA) is 131 Å². The summed E-state index contributed by atoms with van der Waals surface area (Å²) in [5.41, 5.74) is 4.70. The second-order valence-electron chi connectivity index (χ2n) is 18.5. The van der Waals surface area contributed by atoms with Crippen LogP contribution >= 0.6 is 0 Å². The van der Waals surface area contributed by atoms with Gasteiger partial charge in [-0.25, -0.2) is 4.98 Å². The molecule has 63 heavy (non-hydrogen) atoms. The van der Waals surface area contributed by atoms with Crippen LogP contribution in [0.15, 0.2) is 6.33 Å². The molecule has 2 N–H and O–H groups in total. The Bertz CT molecular complexity index is 1550. The molecule has 10 nitrogen and oxygen atoms in total. The van der Waals surface area contributed by atoms with Crippen LogP contribution in [0.3, 0.4) is 0 Å². The average Bonchev–Trinajstić information content (AvgIpc) is 3.86. The van der Waals surface area contributed by atoms with E-state index in [1.807, 2.05) is 0 Å². The summed E-state index contributed by atoms with van der Waals surface area (Å²) in [7, 11) is 0. The molecule has 11 heteroatoms. The van der Waals surface area contributed by atoms with Crippen molar-refractivity contribution >= 4 is 28.9 Å². The lowest BCUT2D eigenvalue weighted by atomic mass is 9.98. The van der Waals surface area contributed by atoms with Crippen molar-refractivity contribution in [1.82, 2.24) is 19.5 Å². The first-order valence-corrected chi connectivity index (χ1v) is 26.0. The molecule has 0 aliphatic carbocycles. The highest BCUT2D eigenvalue weighted by atomic mass is 19.1. The van der Waals surface area contributed by atoms with Gasteiger partial charge in [-0.1, -0.05) is 225 Å². The molecule has 0 radical (unpaired) electrons. The first-order chi connectivity index (χ1) is 30.8. The van der Waals surface area contributed by atoms with E-state index >= 15 is 0 Å². The van der Waals surface area contributed by atoms with E-state index < -0.39 is 24.0 Å². The van der Waals surface area contributed by atoms with Crippen LogP contribution in [0.2, 0.25) is 0 Å². The van der Waals surface area contributed by atoms with Gasteiger partial charge in [-0.3, -0.25) is 14.2 Å². The SMILES string of the molecule is C#C[C@]1(COC(=O)CCCCCCCCCCCCCCCCCCC)O[C@@H](n2cnc3c(N)nc(F)nc32)C[C@@H]1OC(=O)CCCCCCCCCCCCCCCCCCC. The Morgan fingerprint density at radius 3 is 1.49 bits per heavy atom. The second-order valence-corrected chi connectivity index (χ2v) is 18.5. The molecule has 0 amide bonds. The molecule has 1 saturated heterocycles. The Labute approximate surface area is 382 Å². The van der Waals surface area contributed by atoms with Gasteiger partial charge in [0.25, 0.3) is 0 Å². The minimum absolute atomic E-state index is 0.104. The fraction of sp³-hybridized carbons (Fsp3) is 0.827. The lowest BCUT2D eigenvalue weighted by molar-refractivity contribution is -0.166. The van der Waals surface area contributed by atoms with Gasteiger partial charge in [0.15, 0.2) is 17.0 Å². The Morgan fingerprint density at radius 2 is 1.08 bits per heavy atom. The number of nitrogens with two attached hydrogens (primary N) is 1. The summed E-state index contributed by atoms with van der Waals surface area (Å²) in [4.78, 5) is 37.9. The smallest absolute Gasteiger partial charge is 0.312 e. The predicted molar refractivity (Wildman–Crippen MR) is 254 cm³/mol. The van der Waals surface area contributed by atoms with Crippen LogP contribution in [0.25, 0.3) is 11.2 Å². The molecule has 0 spiro atoms. The summed E-state index contributed by atoms with van der Waals surface area (Å²) in [6.45, 7) is 4.25. The lowest BCUT2D eigenvalue weighted by Crippen LogP contribution is -2.45. The minimum Gasteiger partial charge on any atom is -0.461 e. The predicted octanol–water partition coefficient (Wildman–Crippen LogP) is 14.4. The largest absolute Gasteiger partial charge is 0.461 e. The minimum atomic E-state index is -1.55. The van der Waals surface area contributed by atoms with Crippen molar-refractivity contribution < 1.29 is 28.2 Å². The number of ether oxygens (including phenoxy) is 3. The maximum absolute atomic E-state index is 14.2. The number of carbonyl (C=O) groups excluding carboxylic acids is 2. The van der Waals surface area contributed by atoms with Gasteiger partial charge in [0.2, 0.25) is 5.60 Å². The maximum Gasteiger partial charge on any atom is 0.312 e. The molecule has 3 atom stereocenters. The number of nitrogens with zero attached hydrogens (tertiary/aromatic N) is 4. The highest BCUT2D eigenvalue weighted by molar-refractivity contribution is 5.81. The molecule has 2 aromatic heterocycles. The Balaban J connectivity index is 1.34. The van der Waals surface area contributed by atoms with Gasteiger partial charge in [0.1, 0.15) is 18.9 Å². The molecule has 1 aliphatic heterocycles. The summed E-state index contributed by atoms with van der Waals surface area (Å²) in [5.74, 6) is 1.80. The van der Waals surface area contributed by atoms with Crippen molar-refractivity contribution in [2.45, 2.75) is 269 Å². The number of nitrogen functional groups attached to an aromatic ring is 1. The third-order valence-corrected chi connectivity index (χ3v) is 12.9. The molecule has 1 fully saturated rings. The number of imidazole rings is 1. The molecule has 0 bridgehead atoms. The number of halogens is 1. The summed E-state index contributed by atoms with van der Waals surface area (Å²) in [5, 5.41) is 0. The fourth-order valence-electron chi connectivity index (χ4n) is 8.94. The summed E-state index contributed by atoms with van der Waals surface area (Å²) in [6.07, 6.45) is 48.4. The van der Waals surface area contributed by atoms with E-state index in [1.165, 1.54) is 191 Å². The number of hydrogen-bond donors (Lipinski definition) is 1. The molecule has 1 aliphatic rings. The molecule has 3 rings (SSSR count). The Kier molecular flexibility index (Phi) is 29.3. The van der Waals surface area contributed by atoms with Crippen molar-refractivity contribution in [2.75, 3.05) is 12.3 Å². The quantitative estimate of drug-likeness (QED) is 0.0301. The van der Waals surface area contributed by atoms with Crippen LogP contribution in [0.1, 0.15) is 258 Å². The van der Waals surface area contributed by atoms with E-state index in [9.17, 15) is 14.0 Å². The van der Waals surface area contributed by atoms with E-state index in [-0.39, 0.29) is 54.8 Å². The van der Waals surface area contributed by atoms with Crippen LogP contribution in [-0.2, 0) is 23.8 Å². The van der Waals surface area contributed by atoms with Crippen LogP contribution in [0.5, 0.6) is 0 Å². The molecule has 0 saturated carbocycles. The highest BCUT2D eigenvalue weighted by Gasteiger charge is 2.52. The highest BCUT2D eigenvalue weighted by Crippen LogP contribution is 2.40. The van der Waals surface area contributed by atoms with Gasteiger partial charge in [-0.15, -0.1) is 6.42 Å². The molecule has 0 aromatic carbocycles. The van der Waals surface area contributed by atoms with Crippen molar-refractivity contribution in [2.24, 2.45) is 0 Å². The van der Waals surface area contributed by atoms with E-state index in [0.29, 0.717) is 6.42 Å². The summed E-state index contributed by atoms with van der Waals surface area (Å²) >= 11 is 0. The molecule has 0 unspecified atom stereocenters. The molecule has 358 valence electrons. The fourth-order valence-corrected chi connectivity index (χ4v) is 8.94. The van der Waals surface area contributed by atoms with Gasteiger partial charge in [0.05, 0.1) is 6.33 Å². The number of esters is 2. The number of unbranched alkanes of at least 4 members (excludes halogenated alkanes) is 32. The lowest BCUT2D eigenvalue weighted by Gasteiger charge is -2.28. The van der Waals surface area contributed by atoms with Crippen LogP contribution in [0.4, 0.5) is 10.2 Å². The number of aromatic nitrogens is 4. The molecule has 2 aromatic rings. The normalized spacial score (nSPS) is 17.4. The van der Waals surface area contributed by atoms with Crippen molar-refractivity contribution in [1.29, 1.82) is 0 Å². The number of terminal acetylenes is 1. The first kappa shape index (κ1) is 54.1. The van der Waals surface area contributed by atoms with Crippen LogP contribution in [0, 0.1) is 18.4 Å². The van der Waals surface area contributed by atoms with Gasteiger partial charge in [-0.05, 0) is 12.8 Å². The summed E-state index contributed by atoms with van der Waals surface area (Å²) in [6, 6.07) is 0. The third kappa shape index (κ3) is 22.5. The molecular formula is C52H88FN5O5. The van der Waals surface area contributed by atoms with E-state index in [4.69, 9.17) is 26.4 Å². The second kappa shape index (κ2) is 34.1. The van der Waals surface area contributed by atoms with Gasteiger partial charge in [-0.2, -0.15) is 14.4 Å². The number of hydrogen-bond acceptors (Lipinski definition) is 9. The zero-order valence-corrected chi connectivity index (χ0v) is 40.0. The van der Waals surface area contributed by atoms with Crippen molar-refractivity contribution in [3.8, 4) is 12.3 Å². The van der Waals surface area contributed by atoms with E-state index in [1.54, 1.807) is 0 Å². The van der Waals surface area contributed by atoms with Gasteiger partial charge in [0, 0.05) is 19.3 Å². The van der Waals surface area contributed by atoms with Crippen molar-refractivity contribution in [3.63, 3.8) is 0 Å².